The minimum absolute atomic E-state index is 0. The first-order valence-corrected chi connectivity index (χ1v) is 20.2. The second kappa shape index (κ2) is 24.6. The fourth-order valence-corrected chi connectivity index (χ4v) is 6.69. The third-order valence-electron chi connectivity index (χ3n) is 10.2. The van der Waals surface area contributed by atoms with Gasteiger partial charge in [-0.05, 0) is 140 Å². The Balaban J connectivity index is 0.000000388. The summed E-state index contributed by atoms with van der Waals surface area (Å²) in [5.41, 5.74) is 5.78. The van der Waals surface area contributed by atoms with E-state index < -0.39 is 11.9 Å². The van der Waals surface area contributed by atoms with Gasteiger partial charge in [0.25, 0.3) is 0 Å². The van der Waals surface area contributed by atoms with Crippen LogP contribution >= 0.6 is 0 Å². The summed E-state index contributed by atoms with van der Waals surface area (Å²) in [6.45, 7) is 12.1. The van der Waals surface area contributed by atoms with E-state index in [0.717, 1.165) is 76.0 Å². The summed E-state index contributed by atoms with van der Waals surface area (Å²) in [4.78, 5) is 24.5. The maximum Gasteiger partial charge on any atom is 1.00 e. The predicted molar refractivity (Wildman–Crippen MR) is 228 cm³/mol. The van der Waals surface area contributed by atoms with Crippen molar-refractivity contribution < 1.29 is 68.2 Å². The number of rotatable bonds is 19. The standard InChI is InChI=1S/C25H32O4.C23H28O4.Li.2H2O/c1-5-28-25(26)23(14-17(2)3)20-10-13-24(29-16-18-6-7-18)22(15-20)19-8-11-21(27-4)12-9-19;1-15(2)12-21(23(24)25)18-8-11-22(27-14-16-4-5-16)20(13-18)17-6-9-19(26-3)10-7-17;;;/h8-13,15,17-18,23H,5-7,14,16H2,1-4H3;6-11,13,15-16,21H,4-5,12,14H2,1-3H3,(H,24,25);;2*1H2/q;;+1;;/p-1. The van der Waals surface area contributed by atoms with Gasteiger partial charge in [0.05, 0.1) is 45.9 Å². The number of carboxylic acid groups (broad SMARTS) is 1. The van der Waals surface area contributed by atoms with Crippen molar-refractivity contribution in [1.29, 1.82) is 0 Å². The first-order valence-electron chi connectivity index (χ1n) is 20.2. The number of carbonyl (C=O) groups excluding carboxylic acids is 1. The summed E-state index contributed by atoms with van der Waals surface area (Å²) < 4.78 is 28.1. The molecular weight excluding hydrogens is 743 g/mol. The second-order valence-corrected chi connectivity index (χ2v) is 15.9. The Bertz CT molecular complexity index is 1870. The Morgan fingerprint density at radius 2 is 1.03 bits per heavy atom. The molecule has 6 rings (SSSR count). The topological polar surface area (TPSA) is 162 Å². The van der Waals surface area contributed by atoms with Gasteiger partial charge in [0.15, 0.2) is 0 Å². The van der Waals surface area contributed by atoms with Crippen molar-refractivity contribution in [3.05, 3.63) is 96.1 Å². The van der Waals surface area contributed by atoms with Gasteiger partial charge >= 0.3 is 30.8 Å². The van der Waals surface area contributed by atoms with Crippen LogP contribution in [0.2, 0.25) is 0 Å². The van der Waals surface area contributed by atoms with Crippen molar-refractivity contribution in [1.82, 2.24) is 0 Å². The largest absolute Gasteiger partial charge is 1.00 e. The molecule has 0 amide bonds. The smallest absolute Gasteiger partial charge is 0.870 e. The number of carbonyl (C=O) groups is 2. The molecule has 0 saturated heterocycles. The van der Waals surface area contributed by atoms with Gasteiger partial charge in [-0.15, -0.1) is 0 Å². The number of hydrogen-bond acceptors (Lipinski definition) is 8. The van der Waals surface area contributed by atoms with Crippen molar-refractivity contribution in [3.8, 4) is 45.3 Å². The van der Waals surface area contributed by atoms with Crippen LogP contribution in [-0.4, -0.2) is 62.0 Å². The zero-order chi connectivity index (χ0) is 40.2. The number of esters is 1. The first-order chi connectivity index (χ1) is 27.0. The van der Waals surface area contributed by atoms with E-state index in [0.29, 0.717) is 36.7 Å². The molecule has 2 aliphatic carbocycles. The van der Waals surface area contributed by atoms with E-state index >= 15 is 0 Å². The summed E-state index contributed by atoms with van der Waals surface area (Å²) in [6.07, 6.45) is 6.31. The number of hydrogen-bond donors (Lipinski definition) is 1. The van der Waals surface area contributed by atoms with Gasteiger partial charge in [-0.2, -0.15) is 0 Å². The third-order valence-corrected chi connectivity index (χ3v) is 10.2. The van der Waals surface area contributed by atoms with E-state index in [-0.39, 0.29) is 41.7 Å². The molecule has 316 valence electrons. The summed E-state index contributed by atoms with van der Waals surface area (Å²) in [5, 5.41) is 9.71. The molecule has 0 aliphatic heterocycles. The quantitative estimate of drug-likeness (QED) is 0.0762. The molecule has 2 fully saturated rings. The molecule has 2 saturated carbocycles. The first kappa shape index (κ1) is 50.7. The summed E-state index contributed by atoms with van der Waals surface area (Å²) in [7, 11) is 3.30. The van der Waals surface area contributed by atoms with Gasteiger partial charge in [0.2, 0.25) is 0 Å². The Morgan fingerprint density at radius 1 is 0.644 bits per heavy atom. The van der Waals surface area contributed by atoms with Crippen molar-refractivity contribution >= 4 is 11.9 Å². The normalized spacial score (nSPS) is 13.9. The van der Waals surface area contributed by atoms with Crippen molar-refractivity contribution in [2.75, 3.05) is 34.0 Å². The van der Waals surface area contributed by atoms with Crippen LogP contribution in [0.5, 0.6) is 23.0 Å². The summed E-state index contributed by atoms with van der Waals surface area (Å²) >= 11 is 0. The minimum Gasteiger partial charge on any atom is -0.870 e. The molecule has 0 bridgehead atoms. The average molecular weight is 807 g/mol. The van der Waals surface area contributed by atoms with Crippen LogP contribution in [0.25, 0.3) is 22.3 Å². The molecule has 11 heteroatoms. The van der Waals surface area contributed by atoms with Crippen LogP contribution in [0.3, 0.4) is 0 Å². The molecule has 4 aromatic rings. The van der Waals surface area contributed by atoms with Crippen molar-refractivity contribution in [2.24, 2.45) is 23.7 Å². The molecule has 4 aromatic carbocycles. The fraction of sp³-hybridized carbons (Fsp3) is 0.458. The van der Waals surface area contributed by atoms with Crippen LogP contribution in [0.1, 0.15) is 96.1 Å². The molecule has 4 N–H and O–H groups in total. The summed E-state index contributed by atoms with van der Waals surface area (Å²) in [6, 6.07) is 27.7. The van der Waals surface area contributed by atoms with Crippen LogP contribution < -0.4 is 37.8 Å². The second-order valence-electron chi connectivity index (χ2n) is 15.9. The fourth-order valence-electron chi connectivity index (χ4n) is 6.69. The van der Waals surface area contributed by atoms with Gasteiger partial charge in [-0.1, -0.05) is 64.1 Å². The number of aliphatic carboxylic acids is 1. The number of carboxylic acids is 1. The Labute approximate surface area is 362 Å². The molecular formula is C48H63LiO10. The van der Waals surface area contributed by atoms with E-state index in [2.05, 4.69) is 19.9 Å². The third kappa shape index (κ3) is 15.3. The van der Waals surface area contributed by atoms with E-state index in [1.165, 1.54) is 25.7 Å². The molecule has 59 heavy (non-hydrogen) atoms. The van der Waals surface area contributed by atoms with Crippen molar-refractivity contribution in [2.45, 2.75) is 85.0 Å². The van der Waals surface area contributed by atoms with E-state index in [1.54, 1.807) is 14.2 Å². The SMILES string of the molecule is CCOC(=O)C(CC(C)C)c1ccc(OCC2CC2)c(-c2ccc(OC)cc2)c1.COc1ccc(-c2cc(C(CC(C)C)C(=O)O)ccc2OCC2CC2)cc1.O.[Li+].[OH-]. The van der Waals surface area contributed by atoms with Gasteiger partial charge < -0.3 is 39.7 Å². The molecule has 10 nitrogen and oxygen atoms in total. The Kier molecular flexibility index (Phi) is 21.1. The van der Waals surface area contributed by atoms with Crippen LogP contribution in [0.4, 0.5) is 0 Å². The zero-order valence-electron chi connectivity index (χ0n) is 36.2. The van der Waals surface area contributed by atoms with E-state index in [4.69, 9.17) is 23.7 Å². The van der Waals surface area contributed by atoms with Gasteiger partial charge in [0, 0.05) is 11.1 Å². The molecule has 2 unspecified atom stereocenters. The van der Waals surface area contributed by atoms with Gasteiger partial charge in [-0.25, -0.2) is 0 Å². The van der Waals surface area contributed by atoms with Gasteiger partial charge in [0.1, 0.15) is 23.0 Å². The zero-order valence-corrected chi connectivity index (χ0v) is 36.2. The molecule has 0 spiro atoms. The number of ether oxygens (including phenoxy) is 5. The molecule has 0 heterocycles. The Morgan fingerprint density at radius 3 is 1.37 bits per heavy atom. The maximum atomic E-state index is 12.6. The molecule has 0 radical (unpaired) electrons. The Hall–Kier alpha value is -4.46. The van der Waals surface area contributed by atoms with E-state index in [1.807, 2.05) is 99.6 Å². The van der Waals surface area contributed by atoms with Crippen LogP contribution in [-0.2, 0) is 14.3 Å². The molecule has 0 aromatic heterocycles. The predicted octanol–water partition coefficient (Wildman–Crippen LogP) is 7.21. The minimum atomic E-state index is -0.781. The maximum absolute atomic E-state index is 12.6. The molecule has 2 atom stereocenters. The monoisotopic (exact) mass is 806 g/mol. The average Bonchev–Trinajstić information content (AvgIpc) is 4.14. The number of methoxy groups -OCH3 is 2. The summed E-state index contributed by atoms with van der Waals surface area (Å²) in [5.74, 6) is 3.57. The number of benzene rings is 4. The van der Waals surface area contributed by atoms with Crippen LogP contribution in [0.15, 0.2) is 84.9 Å². The van der Waals surface area contributed by atoms with E-state index in [9.17, 15) is 14.7 Å². The van der Waals surface area contributed by atoms with Crippen LogP contribution in [0, 0.1) is 23.7 Å². The van der Waals surface area contributed by atoms with Crippen molar-refractivity contribution in [3.63, 3.8) is 0 Å². The molecule has 2 aliphatic rings. The van der Waals surface area contributed by atoms with Gasteiger partial charge in [-0.3, -0.25) is 9.59 Å².